The lowest BCUT2D eigenvalue weighted by Crippen LogP contribution is -2.30. The first kappa shape index (κ1) is 10.5. The maximum Gasteiger partial charge on any atom is 0.101 e. The minimum Gasteiger partial charge on any atom is -0.366 e. The van der Waals surface area contributed by atoms with Crippen LogP contribution in [0.1, 0.15) is 18.9 Å². The molecule has 3 heteroatoms. The van der Waals surface area contributed by atoms with Gasteiger partial charge >= 0.3 is 0 Å². The third-order valence-corrected chi connectivity index (χ3v) is 3.25. The number of benzene rings is 1. The van der Waals surface area contributed by atoms with E-state index < -0.39 is 0 Å². The molecular weight excluding hydrogens is 198 g/mol. The Balaban J connectivity index is 2.33. The lowest BCUT2D eigenvalue weighted by molar-refractivity contribution is 0.615. The number of rotatable bonds is 1. The van der Waals surface area contributed by atoms with E-state index in [2.05, 4.69) is 24.0 Å². The second-order valence-electron chi connectivity index (χ2n) is 4.09. The Bertz CT molecular complexity index is 467. The molecule has 80 valence electrons. The Morgan fingerprint density at radius 2 is 2.06 bits per heavy atom. The van der Waals surface area contributed by atoms with Crippen molar-refractivity contribution in [2.24, 2.45) is 5.92 Å². The number of nitriles is 2. The van der Waals surface area contributed by atoms with Crippen LogP contribution in [-0.2, 0) is 0 Å². The van der Waals surface area contributed by atoms with Crippen LogP contribution >= 0.6 is 0 Å². The Morgan fingerprint density at radius 3 is 2.69 bits per heavy atom. The first-order chi connectivity index (χ1) is 7.77. The molecule has 0 spiro atoms. The molecule has 0 aromatic heterocycles. The van der Waals surface area contributed by atoms with E-state index in [1.165, 1.54) is 0 Å². The molecule has 1 heterocycles. The third kappa shape index (κ3) is 1.61. The molecular formula is C13H13N3. The molecule has 16 heavy (non-hydrogen) atoms. The summed E-state index contributed by atoms with van der Waals surface area (Å²) in [4.78, 5) is 2.16. The largest absolute Gasteiger partial charge is 0.366 e. The Kier molecular flexibility index (Phi) is 2.79. The maximum absolute atomic E-state index is 9.05. The summed E-state index contributed by atoms with van der Waals surface area (Å²) < 4.78 is 0. The summed E-state index contributed by atoms with van der Waals surface area (Å²) in [6.07, 6.45) is 0.886. The van der Waals surface area contributed by atoms with Crippen molar-refractivity contribution < 1.29 is 0 Å². The van der Waals surface area contributed by atoms with E-state index in [4.69, 9.17) is 10.5 Å². The number of para-hydroxylation sites is 1. The fourth-order valence-electron chi connectivity index (χ4n) is 2.27. The van der Waals surface area contributed by atoms with E-state index in [1.54, 1.807) is 0 Å². The average molecular weight is 211 g/mol. The summed E-state index contributed by atoms with van der Waals surface area (Å²) in [5.74, 6) is 0.0757. The van der Waals surface area contributed by atoms with E-state index in [0.717, 1.165) is 18.7 Å². The number of hydrogen-bond donors (Lipinski definition) is 0. The van der Waals surface area contributed by atoms with Gasteiger partial charge in [0.1, 0.15) is 6.07 Å². The lowest BCUT2D eigenvalue weighted by Gasteiger charge is -2.25. The minimum absolute atomic E-state index is 0.0757. The summed E-state index contributed by atoms with van der Waals surface area (Å²) in [5.41, 5.74) is 1.64. The van der Waals surface area contributed by atoms with Crippen molar-refractivity contribution in [2.45, 2.75) is 19.4 Å². The molecule has 1 saturated heterocycles. The van der Waals surface area contributed by atoms with Gasteiger partial charge < -0.3 is 4.90 Å². The summed E-state index contributed by atoms with van der Waals surface area (Å²) in [5, 5.41) is 18.0. The van der Waals surface area contributed by atoms with Gasteiger partial charge in [0.2, 0.25) is 0 Å². The monoisotopic (exact) mass is 211 g/mol. The molecule has 1 aliphatic heterocycles. The molecule has 0 N–H and O–H groups in total. The SMILES string of the molecule is CC1C(C#N)CCN1c1ccccc1C#N. The molecule has 0 bridgehead atoms. The van der Waals surface area contributed by atoms with Gasteiger partial charge in [0.15, 0.2) is 0 Å². The highest BCUT2D eigenvalue weighted by Crippen LogP contribution is 2.31. The second kappa shape index (κ2) is 4.24. The van der Waals surface area contributed by atoms with Gasteiger partial charge in [-0.05, 0) is 25.5 Å². The summed E-state index contributed by atoms with van der Waals surface area (Å²) in [6, 6.07) is 12.3. The molecule has 1 aliphatic rings. The predicted octanol–water partition coefficient (Wildman–Crippen LogP) is 2.30. The highest BCUT2D eigenvalue weighted by atomic mass is 15.2. The van der Waals surface area contributed by atoms with Crippen molar-refractivity contribution in [3.05, 3.63) is 29.8 Å². The van der Waals surface area contributed by atoms with Crippen molar-refractivity contribution >= 4 is 5.69 Å². The van der Waals surface area contributed by atoms with E-state index in [9.17, 15) is 0 Å². The first-order valence-corrected chi connectivity index (χ1v) is 5.43. The van der Waals surface area contributed by atoms with Gasteiger partial charge in [-0.25, -0.2) is 0 Å². The Labute approximate surface area is 95.5 Å². The molecule has 2 atom stereocenters. The quantitative estimate of drug-likeness (QED) is 0.716. The average Bonchev–Trinajstić information content (AvgIpc) is 2.70. The van der Waals surface area contributed by atoms with Crippen molar-refractivity contribution in [3.8, 4) is 12.1 Å². The highest BCUT2D eigenvalue weighted by molar-refractivity contribution is 5.60. The molecule has 1 aromatic carbocycles. The summed E-state index contributed by atoms with van der Waals surface area (Å²) in [7, 11) is 0. The fourth-order valence-corrected chi connectivity index (χ4v) is 2.27. The zero-order valence-electron chi connectivity index (χ0n) is 9.22. The summed E-state index contributed by atoms with van der Waals surface area (Å²) >= 11 is 0. The molecule has 0 aliphatic carbocycles. The van der Waals surface area contributed by atoms with Gasteiger partial charge in [-0.15, -0.1) is 0 Å². The van der Waals surface area contributed by atoms with Gasteiger partial charge in [0, 0.05) is 12.6 Å². The van der Waals surface area contributed by atoms with Crippen molar-refractivity contribution in [2.75, 3.05) is 11.4 Å². The molecule has 2 rings (SSSR count). The molecule has 1 fully saturated rings. The van der Waals surface area contributed by atoms with E-state index in [1.807, 2.05) is 24.3 Å². The van der Waals surface area contributed by atoms with Crippen molar-refractivity contribution in [1.82, 2.24) is 0 Å². The normalized spacial score (nSPS) is 23.8. The number of hydrogen-bond acceptors (Lipinski definition) is 3. The Morgan fingerprint density at radius 1 is 1.31 bits per heavy atom. The zero-order valence-corrected chi connectivity index (χ0v) is 9.22. The third-order valence-electron chi connectivity index (χ3n) is 3.25. The number of nitrogens with zero attached hydrogens (tertiary/aromatic N) is 3. The molecule has 0 amide bonds. The van der Waals surface area contributed by atoms with Crippen LogP contribution < -0.4 is 4.90 Å². The predicted molar refractivity (Wildman–Crippen MR) is 61.7 cm³/mol. The lowest BCUT2D eigenvalue weighted by atomic mass is 10.0. The van der Waals surface area contributed by atoms with Gasteiger partial charge in [-0.3, -0.25) is 0 Å². The molecule has 3 nitrogen and oxygen atoms in total. The van der Waals surface area contributed by atoms with Crippen LogP contribution in [-0.4, -0.2) is 12.6 Å². The molecule has 0 radical (unpaired) electrons. The van der Waals surface area contributed by atoms with Crippen LogP contribution in [0.25, 0.3) is 0 Å². The van der Waals surface area contributed by atoms with Gasteiger partial charge in [0.25, 0.3) is 0 Å². The topological polar surface area (TPSA) is 50.8 Å². The van der Waals surface area contributed by atoms with E-state index in [-0.39, 0.29) is 12.0 Å². The second-order valence-corrected chi connectivity index (χ2v) is 4.09. The fraction of sp³-hybridized carbons (Fsp3) is 0.385. The van der Waals surface area contributed by atoms with Crippen LogP contribution in [0, 0.1) is 28.6 Å². The van der Waals surface area contributed by atoms with Crippen molar-refractivity contribution in [1.29, 1.82) is 10.5 Å². The van der Waals surface area contributed by atoms with E-state index in [0.29, 0.717) is 5.56 Å². The van der Waals surface area contributed by atoms with Crippen LogP contribution in [0.3, 0.4) is 0 Å². The van der Waals surface area contributed by atoms with Crippen LogP contribution in [0.5, 0.6) is 0 Å². The maximum atomic E-state index is 9.05. The van der Waals surface area contributed by atoms with Gasteiger partial charge in [-0.1, -0.05) is 12.1 Å². The Hall–Kier alpha value is -2.00. The van der Waals surface area contributed by atoms with Crippen LogP contribution in [0.2, 0.25) is 0 Å². The van der Waals surface area contributed by atoms with Crippen molar-refractivity contribution in [3.63, 3.8) is 0 Å². The molecule has 1 aromatic rings. The molecule has 2 unspecified atom stereocenters. The minimum atomic E-state index is 0.0757. The first-order valence-electron chi connectivity index (χ1n) is 5.43. The number of anilines is 1. The zero-order chi connectivity index (χ0) is 11.5. The summed E-state index contributed by atoms with van der Waals surface area (Å²) in [6.45, 7) is 2.91. The highest BCUT2D eigenvalue weighted by Gasteiger charge is 2.31. The van der Waals surface area contributed by atoms with E-state index >= 15 is 0 Å². The molecule has 0 saturated carbocycles. The smallest absolute Gasteiger partial charge is 0.101 e. The van der Waals surface area contributed by atoms with Crippen LogP contribution in [0.4, 0.5) is 5.69 Å². The van der Waals surface area contributed by atoms with Crippen LogP contribution in [0.15, 0.2) is 24.3 Å². The van der Waals surface area contributed by atoms with Gasteiger partial charge in [0.05, 0.1) is 23.2 Å². The standard InChI is InChI=1S/C13H13N3/c1-10-11(8-14)6-7-16(10)13-5-3-2-4-12(13)9-15/h2-5,10-11H,6-7H2,1H3. The van der Waals surface area contributed by atoms with Gasteiger partial charge in [-0.2, -0.15) is 10.5 Å².